The molecule has 0 amide bonds. The van der Waals surface area contributed by atoms with E-state index in [0.29, 0.717) is 5.56 Å². The zero-order chi connectivity index (χ0) is 12.7. The van der Waals surface area contributed by atoms with E-state index in [2.05, 4.69) is 26.1 Å². The number of rotatable bonds is 1. The highest BCUT2D eigenvalue weighted by molar-refractivity contribution is 5.30. The SMILES string of the molecule is CC(C)(C)C1(c2ccc(F)cc2F)CCCN1. The van der Waals surface area contributed by atoms with Crippen LogP contribution in [0, 0.1) is 17.0 Å². The second-order valence-corrected chi connectivity index (χ2v) is 5.81. The number of halogens is 2. The molecule has 1 atom stereocenters. The van der Waals surface area contributed by atoms with Crippen molar-refractivity contribution in [2.75, 3.05) is 6.54 Å². The topological polar surface area (TPSA) is 12.0 Å². The van der Waals surface area contributed by atoms with Gasteiger partial charge in [0.2, 0.25) is 0 Å². The predicted octanol–water partition coefficient (Wildman–Crippen LogP) is 3.59. The first-order chi connectivity index (χ1) is 7.87. The average Bonchev–Trinajstić information content (AvgIpc) is 2.66. The lowest BCUT2D eigenvalue weighted by molar-refractivity contribution is 0.155. The van der Waals surface area contributed by atoms with Crippen LogP contribution in [0.15, 0.2) is 18.2 Å². The van der Waals surface area contributed by atoms with E-state index in [0.717, 1.165) is 25.5 Å². The van der Waals surface area contributed by atoms with Crippen molar-refractivity contribution >= 4 is 0 Å². The van der Waals surface area contributed by atoms with Gasteiger partial charge in [-0.2, -0.15) is 0 Å². The van der Waals surface area contributed by atoms with Gasteiger partial charge in [0.25, 0.3) is 0 Å². The van der Waals surface area contributed by atoms with Gasteiger partial charge in [0, 0.05) is 11.6 Å². The fourth-order valence-corrected chi connectivity index (χ4v) is 2.85. The summed E-state index contributed by atoms with van der Waals surface area (Å²) >= 11 is 0. The Morgan fingerprint density at radius 3 is 2.41 bits per heavy atom. The molecule has 0 radical (unpaired) electrons. The molecule has 1 fully saturated rings. The first kappa shape index (κ1) is 12.5. The van der Waals surface area contributed by atoms with E-state index in [9.17, 15) is 8.78 Å². The molecule has 1 unspecified atom stereocenters. The van der Waals surface area contributed by atoms with Crippen LogP contribution in [-0.4, -0.2) is 6.54 Å². The fourth-order valence-electron chi connectivity index (χ4n) is 2.85. The first-order valence-corrected chi connectivity index (χ1v) is 6.07. The minimum atomic E-state index is -0.520. The molecule has 1 N–H and O–H groups in total. The van der Waals surface area contributed by atoms with Gasteiger partial charge in [0.1, 0.15) is 11.6 Å². The van der Waals surface area contributed by atoms with Crippen LogP contribution in [0.5, 0.6) is 0 Å². The molecule has 1 aliphatic heterocycles. The average molecular weight is 239 g/mol. The lowest BCUT2D eigenvalue weighted by Crippen LogP contribution is -2.48. The quantitative estimate of drug-likeness (QED) is 0.789. The molecule has 1 nitrogen and oxygen atoms in total. The van der Waals surface area contributed by atoms with E-state index in [1.165, 1.54) is 6.07 Å². The zero-order valence-electron chi connectivity index (χ0n) is 10.6. The fraction of sp³-hybridized carbons (Fsp3) is 0.571. The molecule has 3 heteroatoms. The number of hydrogen-bond acceptors (Lipinski definition) is 1. The standard InChI is InChI=1S/C14H19F2N/c1-13(2,3)14(7-4-8-17-14)11-6-5-10(15)9-12(11)16/h5-6,9,17H,4,7-8H2,1-3H3. The summed E-state index contributed by atoms with van der Waals surface area (Å²) in [6, 6.07) is 3.89. The van der Waals surface area contributed by atoms with Crippen LogP contribution in [0.4, 0.5) is 8.78 Å². The van der Waals surface area contributed by atoms with E-state index < -0.39 is 11.6 Å². The molecule has 0 bridgehead atoms. The predicted molar refractivity (Wildman–Crippen MR) is 64.7 cm³/mol. The van der Waals surface area contributed by atoms with Crippen molar-refractivity contribution in [1.29, 1.82) is 0 Å². The van der Waals surface area contributed by atoms with Gasteiger partial charge in [-0.15, -0.1) is 0 Å². The van der Waals surface area contributed by atoms with Crippen LogP contribution < -0.4 is 5.32 Å². The molecule has 0 aromatic heterocycles. The van der Waals surface area contributed by atoms with Gasteiger partial charge in [-0.1, -0.05) is 26.8 Å². The summed E-state index contributed by atoms with van der Waals surface area (Å²) in [7, 11) is 0. The van der Waals surface area contributed by atoms with Crippen LogP contribution in [0.1, 0.15) is 39.2 Å². The third kappa shape index (κ3) is 1.97. The molecule has 2 rings (SSSR count). The highest BCUT2D eigenvalue weighted by Crippen LogP contribution is 2.46. The maximum absolute atomic E-state index is 14.0. The molecule has 1 heterocycles. The summed E-state index contributed by atoms with van der Waals surface area (Å²) in [4.78, 5) is 0. The van der Waals surface area contributed by atoms with Gasteiger partial charge in [0.05, 0.1) is 5.54 Å². The van der Waals surface area contributed by atoms with Gasteiger partial charge in [-0.05, 0) is 30.9 Å². The van der Waals surface area contributed by atoms with Crippen molar-refractivity contribution in [1.82, 2.24) is 5.32 Å². The van der Waals surface area contributed by atoms with Gasteiger partial charge in [-0.25, -0.2) is 8.78 Å². The molecule has 0 aliphatic carbocycles. The van der Waals surface area contributed by atoms with E-state index in [1.54, 1.807) is 6.07 Å². The van der Waals surface area contributed by atoms with Gasteiger partial charge < -0.3 is 5.32 Å². The van der Waals surface area contributed by atoms with E-state index in [-0.39, 0.29) is 11.0 Å². The molecular weight excluding hydrogens is 220 g/mol. The minimum absolute atomic E-state index is 0.109. The molecule has 1 aliphatic rings. The Balaban J connectivity index is 2.54. The van der Waals surface area contributed by atoms with Crippen molar-refractivity contribution in [3.8, 4) is 0 Å². The Kier molecular flexibility index (Phi) is 2.98. The molecule has 94 valence electrons. The van der Waals surface area contributed by atoms with Crippen LogP contribution in [0.25, 0.3) is 0 Å². The summed E-state index contributed by atoms with van der Waals surface area (Å²) < 4.78 is 27.0. The summed E-state index contributed by atoms with van der Waals surface area (Å²) in [5.41, 5.74) is 0.0938. The number of nitrogens with one attached hydrogen (secondary N) is 1. The first-order valence-electron chi connectivity index (χ1n) is 6.07. The lowest BCUT2D eigenvalue weighted by Gasteiger charge is -2.43. The molecule has 1 saturated heterocycles. The molecule has 1 aromatic carbocycles. The van der Waals surface area contributed by atoms with Crippen molar-refractivity contribution < 1.29 is 8.78 Å². The van der Waals surface area contributed by atoms with Crippen molar-refractivity contribution in [2.24, 2.45) is 5.41 Å². The molecule has 1 aromatic rings. The third-order valence-electron chi connectivity index (χ3n) is 3.83. The van der Waals surface area contributed by atoms with Crippen molar-refractivity contribution in [3.63, 3.8) is 0 Å². The molecule has 0 spiro atoms. The van der Waals surface area contributed by atoms with Crippen LogP contribution in [0.2, 0.25) is 0 Å². The monoisotopic (exact) mass is 239 g/mol. The highest BCUT2D eigenvalue weighted by atomic mass is 19.1. The Hall–Kier alpha value is -0.960. The second kappa shape index (κ2) is 4.05. The Labute approximate surface area is 101 Å². The second-order valence-electron chi connectivity index (χ2n) is 5.81. The highest BCUT2D eigenvalue weighted by Gasteiger charge is 2.46. The van der Waals surface area contributed by atoms with Crippen molar-refractivity contribution in [2.45, 2.75) is 39.2 Å². The summed E-state index contributed by atoms with van der Waals surface area (Å²) in [6.45, 7) is 7.16. The van der Waals surface area contributed by atoms with Gasteiger partial charge in [0.15, 0.2) is 0 Å². The summed E-state index contributed by atoms with van der Waals surface area (Å²) in [5, 5.41) is 3.42. The minimum Gasteiger partial charge on any atom is -0.307 e. The summed E-state index contributed by atoms with van der Waals surface area (Å²) in [6.07, 6.45) is 1.91. The Morgan fingerprint density at radius 1 is 1.24 bits per heavy atom. The Bertz CT molecular complexity index is 415. The molecule has 17 heavy (non-hydrogen) atoms. The van der Waals surface area contributed by atoms with Crippen LogP contribution >= 0.6 is 0 Å². The third-order valence-corrected chi connectivity index (χ3v) is 3.83. The smallest absolute Gasteiger partial charge is 0.131 e. The summed E-state index contributed by atoms with van der Waals surface area (Å²) in [5.74, 6) is -0.970. The normalized spacial score (nSPS) is 25.2. The number of hydrogen-bond donors (Lipinski definition) is 1. The maximum atomic E-state index is 14.0. The molecule has 0 saturated carbocycles. The zero-order valence-corrected chi connectivity index (χ0v) is 10.6. The molecular formula is C14H19F2N. The van der Waals surface area contributed by atoms with E-state index in [4.69, 9.17) is 0 Å². The Morgan fingerprint density at radius 2 is 1.94 bits per heavy atom. The van der Waals surface area contributed by atoms with Crippen LogP contribution in [0.3, 0.4) is 0 Å². The van der Waals surface area contributed by atoms with Gasteiger partial charge in [-0.3, -0.25) is 0 Å². The van der Waals surface area contributed by atoms with E-state index >= 15 is 0 Å². The number of benzene rings is 1. The van der Waals surface area contributed by atoms with Crippen LogP contribution in [-0.2, 0) is 5.54 Å². The lowest BCUT2D eigenvalue weighted by atomic mass is 9.68. The van der Waals surface area contributed by atoms with Crippen molar-refractivity contribution in [3.05, 3.63) is 35.4 Å². The maximum Gasteiger partial charge on any atom is 0.131 e. The van der Waals surface area contributed by atoms with Gasteiger partial charge >= 0.3 is 0 Å². The largest absolute Gasteiger partial charge is 0.307 e. The van der Waals surface area contributed by atoms with E-state index in [1.807, 2.05) is 0 Å².